The van der Waals surface area contributed by atoms with Gasteiger partial charge in [-0.1, -0.05) is 11.6 Å². The number of carbonyl (C=O) groups is 1. The predicted molar refractivity (Wildman–Crippen MR) is 62.6 cm³/mol. The fraction of sp³-hybridized carbons (Fsp3) is 0.400. The van der Waals surface area contributed by atoms with E-state index in [4.69, 9.17) is 16.7 Å². The monoisotopic (exact) mass is 243 g/mol. The third-order valence-electron chi connectivity index (χ3n) is 1.83. The van der Waals surface area contributed by atoms with Gasteiger partial charge in [-0.3, -0.25) is 0 Å². The Hall–Kier alpha value is -1.33. The maximum atomic E-state index is 11.5. The first-order valence-electron chi connectivity index (χ1n) is 4.74. The van der Waals surface area contributed by atoms with Crippen LogP contribution in [-0.2, 0) is 0 Å². The minimum atomic E-state index is -0.666. The molecule has 2 amide bonds. The van der Waals surface area contributed by atoms with Crippen molar-refractivity contribution in [3.63, 3.8) is 0 Å². The Morgan fingerprint density at radius 3 is 2.88 bits per heavy atom. The standard InChI is InChI=1S/C10H14ClN3O2/c1-10(2,6-15)14-9(16)13-7-3-4-12-8(11)5-7/h3-5,15H,6H2,1-2H3,(H2,12,13,14,16). The average Bonchev–Trinajstić information content (AvgIpc) is 2.16. The van der Waals surface area contributed by atoms with Crippen molar-refractivity contribution >= 4 is 23.3 Å². The summed E-state index contributed by atoms with van der Waals surface area (Å²) >= 11 is 5.67. The number of urea groups is 1. The Bertz CT molecular complexity index is 382. The van der Waals surface area contributed by atoms with Gasteiger partial charge >= 0.3 is 6.03 Å². The van der Waals surface area contributed by atoms with Gasteiger partial charge in [0.05, 0.1) is 12.1 Å². The molecular formula is C10H14ClN3O2. The third-order valence-corrected chi connectivity index (χ3v) is 2.04. The van der Waals surface area contributed by atoms with Crippen molar-refractivity contribution in [1.82, 2.24) is 10.3 Å². The summed E-state index contributed by atoms with van der Waals surface area (Å²) in [4.78, 5) is 15.3. The number of pyridine rings is 1. The fourth-order valence-electron chi connectivity index (χ4n) is 0.989. The molecule has 1 aromatic rings. The van der Waals surface area contributed by atoms with Crippen molar-refractivity contribution in [3.8, 4) is 0 Å². The molecule has 1 aromatic heterocycles. The van der Waals surface area contributed by atoms with E-state index in [-0.39, 0.29) is 6.61 Å². The molecule has 16 heavy (non-hydrogen) atoms. The quantitative estimate of drug-likeness (QED) is 0.707. The van der Waals surface area contributed by atoms with Crippen LogP contribution < -0.4 is 10.6 Å². The van der Waals surface area contributed by atoms with Gasteiger partial charge < -0.3 is 15.7 Å². The summed E-state index contributed by atoms with van der Waals surface area (Å²) in [5, 5.41) is 14.5. The molecule has 0 aromatic carbocycles. The van der Waals surface area contributed by atoms with Crippen LogP contribution >= 0.6 is 11.6 Å². The summed E-state index contributed by atoms with van der Waals surface area (Å²) in [6.45, 7) is 3.29. The maximum Gasteiger partial charge on any atom is 0.319 e. The Morgan fingerprint density at radius 1 is 1.62 bits per heavy atom. The first-order chi connectivity index (χ1) is 7.43. The zero-order chi connectivity index (χ0) is 12.2. The van der Waals surface area contributed by atoms with E-state index < -0.39 is 11.6 Å². The van der Waals surface area contributed by atoms with E-state index in [9.17, 15) is 4.79 Å². The second kappa shape index (κ2) is 5.14. The lowest BCUT2D eigenvalue weighted by molar-refractivity contribution is 0.187. The average molecular weight is 244 g/mol. The highest BCUT2D eigenvalue weighted by atomic mass is 35.5. The fourth-order valence-corrected chi connectivity index (χ4v) is 1.16. The zero-order valence-corrected chi connectivity index (χ0v) is 9.88. The van der Waals surface area contributed by atoms with Crippen LogP contribution in [0.25, 0.3) is 0 Å². The van der Waals surface area contributed by atoms with Gasteiger partial charge in [0.1, 0.15) is 5.15 Å². The summed E-state index contributed by atoms with van der Waals surface area (Å²) in [5.74, 6) is 0. The molecule has 0 aliphatic rings. The van der Waals surface area contributed by atoms with Gasteiger partial charge in [-0.15, -0.1) is 0 Å². The second-order valence-electron chi connectivity index (χ2n) is 3.99. The van der Waals surface area contributed by atoms with E-state index in [1.54, 1.807) is 19.9 Å². The summed E-state index contributed by atoms with van der Waals surface area (Å²) in [6.07, 6.45) is 1.50. The normalized spacial score (nSPS) is 11.0. The number of aromatic nitrogens is 1. The van der Waals surface area contributed by atoms with Crippen molar-refractivity contribution in [2.75, 3.05) is 11.9 Å². The van der Waals surface area contributed by atoms with E-state index in [0.717, 1.165) is 0 Å². The largest absolute Gasteiger partial charge is 0.394 e. The third kappa shape index (κ3) is 4.04. The second-order valence-corrected chi connectivity index (χ2v) is 4.38. The smallest absolute Gasteiger partial charge is 0.319 e. The molecule has 3 N–H and O–H groups in total. The van der Waals surface area contributed by atoms with Gasteiger partial charge in [0.15, 0.2) is 0 Å². The highest BCUT2D eigenvalue weighted by Gasteiger charge is 2.18. The number of aliphatic hydroxyl groups excluding tert-OH is 1. The lowest BCUT2D eigenvalue weighted by Gasteiger charge is -2.23. The Morgan fingerprint density at radius 2 is 2.31 bits per heavy atom. The minimum absolute atomic E-state index is 0.141. The number of halogens is 1. The molecule has 0 aliphatic carbocycles. The van der Waals surface area contributed by atoms with Gasteiger partial charge in [-0.25, -0.2) is 9.78 Å². The van der Waals surface area contributed by atoms with Crippen LogP contribution in [0.4, 0.5) is 10.5 Å². The zero-order valence-electron chi connectivity index (χ0n) is 9.12. The first kappa shape index (κ1) is 12.7. The molecule has 5 nitrogen and oxygen atoms in total. The molecule has 1 heterocycles. The Kier molecular flexibility index (Phi) is 4.09. The molecule has 0 aliphatic heterocycles. The van der Waals surface area contributed by atoms with E-state index >= 15 is 0 Å². The number of carbonyl (C=O) groups excluding carboxylic acids is 1. The van der Waals surface area contributed by atoms with Crippen LogP contribution in [0.2, 0.25) is 5.15 Å². The Balaban J connectivity index is 2.59. The number of rotatable bonds is 3. The lowest BCUT2D eigenvalue weighted by Crippen LogP contribution is -2.48. The molecule has 0 atom stereocenters. The molecule has 1 rings (SSSR count). The number of nitrogens with one attached hydrogen (secondary N) is 2. The molecule has 0 radical (unpaired) electrons. The number of hydrogen-bond acceptors (Lipinski definition) is 3. The first-order valence-corrected chi connectivity index (χ1v) is 5.12. The number of amides is 2. The number of nitrogens with zero attached hydrogens (tertiary/aromatic N) is 1. The van der Waals surface area contributed by atoms with Gasteiger partial charge in [-0.2, -0.15) is 0 Å². The van der Waals surface area contributed by atoms with E-state index in [2.05, 4.69) is 15.6 Å². The van der Waals surface area contributed by atoms with Crippen LogP contribution in [0.1, 0.15) is 13.8 Å². The topological polar surface area (TPSA) is 74.2 Å². The van der Waals surface area contributed by atoms with Crippen LogP contribution in [0.5, 0.6) is 0 Å². The SMILES string of the molecule is CC(C)(CO)NC(=O)Nc1ccnc(Cl)c1. The lowest BCUT2D eigenvalue weighted by atomic mass is 10.1. The van der Waals surface area contributed by atoms with Gasteiger partial charge in [-0.05, 0) is 26.0 Å². The number of aliphatic hydroxyl groups is 1. The van der Waals surface area contributed by atoms with Crippen molar-refractivity contribution in [3.05, 3.63) is 23.5 Å². The Labute approximate surface area is 98.8 Å². The molecule has 0 unspecified atom stereocenters. The van der Waals surface area contributed by atoms with E-state index in [1.165, 1.54) is 12.3 Å². The minimum Gasteiger partial charge on any atom is -0.394 e. The van der Waals surface area contributed by atoms with E-state index in [0.29, 0.717) is 10.8 Å². The molecule has 0 spiro atoms. The number of hydrogen-bond donors (Lipinski definition) is 3. The van der Waals surface area contributed by atoms with Gasteiger partial charge in [0.2, 0.25) is 0 Å². The van der Waals surface area contributed by atoms with Crippen molar-refractivity contribution in [1.29, 1.82) is 0 Å². The molecule has 0 fully saturated rings. The molecular weight excluding hydrogens is 230 g/mol. The van der Waals surface area contributed by atoms with Gasteiger partial charge in [0, 0.05) is 11.9 Å². The summed E-state index contributed by atoms with van der Waals surface area (Å²) in [7, 11) is 0. The molecule has 0 saturated heterocycles. The van der Waals surface area contributed by atoms with E-state index in [1.807, 2.05) is 0 Å². The van der Waals surface area contributed by atoms with Crippen LogP contribution in [0, 0.1) is 0 Å². The summed E-state index contributed by atoms with van der Waals surface area (Å²) in [6, 6.07) is 2.76. The molecule has 0 bridgehead atoms. The van der Waals surface area contributed by atoms with Crippen molar-refractivity contribution in [2.45, 2.75) is 19.4 Å². The number of anilines is 1. The predicted octanol–water partition coefficient (Wildman–Crippen LogP) is 1.63. The maximum absolute atomic E-state index is 11.5. The van der Waals surface area contributed by atoms with Crippen molar-refractivity contribution in [2.24, 2.45) is 0 Å². The van der Waals surface area contributed by atoms with Crippen molar-refractivity contribution < 1.29 is 9.90 Å². The summed E-state index contributed by atoms with van der Waals surface area (Å²) < 4.78 is 0. The molecule has 6 heteroatoms. The van der Waals surface area contributed by atoms with Crippen LogP contribution in [-0.4, -0.2) is 28.3 Å². The molecule has 88 valence electrons. The van der Waals surface area contributed by atoms with Crippen LogP contribution in [0.15, 0.2) is 18.3 Å². The summed E-state index contributed by atoms with van der Waals surface area (Å²) in [5.41, 5.74) is -0.118. The highest BCUT2D eigenvalue weighted by Crippen LogP contribution is 2.12. The van der Waals surface area contributed by atoms with Gasteiger partial charge in [0.25, 0.3) is 0 Å². The van der Waals surface area contributed by atoms with Crippen LogP contribution in [0.3, 0.4) is 0 Å². The highest BCUT2D eigenvalue weighted by molar-refractivity contribution is 6.29. The molecule has 0 saturated carbocycles.